The Kier molecular flexibility index (Phi) is 7.04. The molecule has 8 heteroatoms. The van der Waals surface area contributed by atoms with E-state index in [1.807, 2.05) is 30.3 Å². The van der Waals surface area contributed by atoms with E-state index in [0.717, 1.165) is 25.8 Å². The predicted molar refractivity (Wildman–Crippen MR) is 124 cm³/mol. The molecule has 33 heavy (non-hydrogen) atoms. The van der Waals surface area contributed by atoms with Gasteiger partial charge in [0.2, 0.25) is 5.91 Å². The fourth-order valence-corrected chi connectivity index (χ4v) is 3.98. The van der Waals surface area contributed by atoms with Crippen LogP contribution in [0, 0.1) is 12.7 Å². The molecule has 2 N–H and O–H groups in total. The van der Waals surface area contributed by atoms with Crippen LogP contribution in [-0.2, 0) is 4.79 Å². The van der Waals surface area contributed by atoms with Crippen LogP contribution >= 0.6 is 0 Å². The zero-order valence-electron chi connectivity index (χ0n) is 18.4. The molecule has 2 aromatic carbocycles. The molecule has 2 heterocycles. The van der Waals surface area contributed by atoms with E-state index in [9.17, 15) is 14.0 Å². The van der Waals surface area contributed by atoms with E-state index in [4.69, 9.17) is 0 Å². The van der Waals surface area contributed by atoms with Crippen LogP contribution in [0.5, 0.6) is 0 Å². The van der Waals surface area contributed by atoms with Crippen LogP contribution < -0.4 is 10.6 Å². The summed E-state index contributed by atoms with van der Waals surface area (Å²) in [6.45, 7) is 2.72. The molecular formula is C25H26FN5O2. The highest BCUT2D eigenvalue weighted by Gasteiger charge is 2.28. The lowest BCUT2D eigenvalue weighted by Crippen LogP contribution is -2.40. The maximum atomic E-state index is 13.1. The first kappa shape index (κ1) is 22.5. The first-order valence-electron chi connectivity index (χ1n) is 11.0. The number of nitrogens with zero attached hydrogens (tertiary/aromatic N) is 3. The minimum absolute atomic E-state index is 0.109. The highest BCUT2D eigenvalue weighted by atomic mass is 19.1. The van der Waals surface area contributed by atoms with E-state index in [0.29, 0.717) is 28.5 Å². The van der Waals surface area contributed by atoms with Crippen molar-refractivity contribution in [2.45, 2.75) is 32.2 Å². The largest absolute Gasteiger partial charge is 0.325 e. The standard InChI is InChI=1S/C25H26FN5O2/c1-17-21(25(33)30-19-7-3-2-4-8-19)15-27-24(28-17)22-9-5-6-14-31(22)16-23(32)29-20-12-10-18(26)11-13-20/h2-4,7-8,10-13,15,22H,5-6,9,14,16H2,1H3,(H,29,32)(H,30,33)/t22-/m1/s1. The van der Waals surface area contributed by atoms with Crippen LogP contribution in [0.3, 0.4) is 0 Å². The first-order chi connectivity index (χ1) is 16.0. The fraction of sp³-hybridized carbons (Fsp3) is 0.280. The molecule has 7 nitrogen and oxygen atoms in total. The van der Waals surface area contributed by atoms with Crippen molar-refractivity contribution in [1.82, 2.24) is 14.9 Å². The highest BCUT2D eigenvalue weighted by molar-refractivity contribution is 6.04. The third kappa shape index (κ3) is 5.78. The van der Waals surface area contributed by atoms with Crippen molar-refractivity contribution in [2.24, 2.45) is 0 Å². The van der Waals surface area contributed by atoms with Crippen molar-refractivity contribution in [3.8, 4) is 0 Å². The van der Waals surface area contributed by atoms with Crippen molar-refractivity contribution >= 4 is 23.2 Å². The number of carbonyl (C=O) groups is 2. The van der Waals surface area contributed by atoms with Crippen LogP contribution in [0.25, 0.3) is 0 Å². The summed E-state index contributed by atoms with van der Waals surface area (Å²) in [5.74, 6) is -0.177. The number of hydrogen-bond acceptors (Lipinski definition) is 5. The zero-order chi connectivity index (χ0) is 23.2. The average Bonchev–Trinajstić information content (AvgIpc) is 2.81. The number of hydrogen-bond donors (Lipinski definition) is 2. The van der Waals surface area contributed by atoms with Gasteiger partial charge in [0, 0.05) is 17.6 Å². The lowest BCUT2D eigenvalue weighted by Gasteiger charge is -2.34. The number of likely N-dealkylation sites (tertiary alicyclic amines) is 1. The van der Waals surface area contributed by atoms with Gasteiger partial charge in [-0.05, 0) is 62.7 Å². The van der Waals surface area contributed by atoms with Gasteiger partial charge in [0.05, 0.1) is 23.8 Å². The molecule has 1 fully saturated rings. The lowest BCUT2D eigenvalue weighted by molar-refractivity contribution is -0.118. The van der Waals surface area contributed by atoms with Gasteiger partial charge in [-0.25, -0.2) is 14.4 Å². The molecule has 0 radical (unpaired) electrons. The number of para-hydroxylation sites is 1. The minimum atomic E-state index is -0.350. The predicted octanol–water partition coefficient (Wildman–Crippen LogP) is 4.34. The number of rotatable bonds is 6. The second-order valence-corrected chi connectivity index (χ2v) is 8.08. The number of anilines is 2. The lowest BCUT2D eigenvalue weighted by atomic mass is 10.0. The van der Waals surface area contributed by atoms with E-state index < -0.39 is 0 Å². The van der Waals surface area contributed by atoms with Crippen LogP contribution in [0.15, 0.2) is 60.8 Å². The van der Waals surface area contributed by atoms with Crippen LogP contribution in [0.4, 0.5) is 15.8 Å². The van der Waals surface area contributed by atoms with Gasteiger partial charge in [-0.3, -0.25) is 14.5 Å². The van der Waals surface area contributed by atoms with Crippen molar-refractivity contribution in [2.75, 3.05) is 23.7 Å². The van der Waals surface area contributed by atoms with Gasteiger partial charge in [0.15, 0.2) is 0 Å². The number of amides is 2. The van der Waals surface area contributed by atoms with Crippen LogP contribution in [0.2, 0.25) is 0 Å². The summed E-state index contributed by atoms with van der Waals surface area (Å²) >= 11 is 0. The quantitative estimate of drug-likeness (QED) is 0.587. The zero-order valence-corrected chi connectivity index (χ0v) is 18.4. The Morgan fingerprint density at radius 2 is 1.76 bits per heavy atom. The maximum Gasteiger partial charge on any atom is 0.259 e. The Morgan fingerprint density at radius 3 is 2.48 bits per heavy atom. The summed E-state index contributed by atoms with van der Waals surface area (Å²) in [4.78, 5) is 36.4. The van der Waals surface area contributed by atoms with Crippen molar-refractivity contribution in [3.63, 3.8) is 0 Å². The van der Waals surface area contributed by atoms with Crippen LogP contribution in [-0.4, -0.2) is 39.8 Å². The summed E-state index contributed by atoms with van der Waals surface area (Å²) < 4.78 is 13.1. The molecule has 3 aromatic rings. The summed E-state index contributed by atoms with van der Waals surface area (Å²) in [7, 11) is 0. The third-order valence-corrected chi connectivity index (χ3v) is 5.66. The number of piperidine rings is 1. The Hall–Kier alpha value is -3.65. The maximum absolute atomic E-state index is 13.1. The van der Waals surface area contributed by atoms with Gasteiger partial charge >= 0.3 is 0 Å². The summed E-state index contributed by atoms with van der Waals surface area (Å²) in [6, 6.07) is 14.8. The van der Waals surface area contributed by atoms with Crippen molar-refractivity contribution in [3.05, 3.63) is 83.7 Å². The Balaban J connectivity index is 1.44. The highest BCUT2D eigenvalue weighted by Crippen LogP contribution is 2.29. The van der Waals surface area contributed by atoms with Gasteiger partial charge in [-0.15, -0.1) is 0 Å². The number of aromatic nitrogens is 2. The molecule has 4 rings (SSSR count). The Bertz CT molecular complexity index is 1120. The van der Waals surface area contributed by atoms with Gasteiger partial charge in [-0.2, -0.15) is 0 Å². The van der Waals surface area contributed by atoms with E-state index in [-0.39, 0.29) is 30.2 Å². The van der Waals surface area contributed by atoms with Gasteiger partial charge in [0.1, 0.15) is 11.6 Å². The second kappa shape index (κ2) is 10.3. The first-order valence-corrected chi connectivity index (χ1v) is 11.0. The third-order valence-electron chi connectivity index (χ3n) is 5.66. The van der Waals surface area contributed by atoms with Crippen molar-refractivity contribution < 1.29 is 14.0 Å². The number of aryl methyl sites for hydroxylation is 1. The van der Waals surface area contributed by atoms with Gasteiger partial charge in [0.25, 0.3) is 5.91 Å². The minimum Gasteiger partial charge on any atom is -0.325 e. The summed E-state index contributed by atoms with van der Waals surface area (Å²) in [5, 5.41) is 5.66. The second-order valence-electron chi connectivity index (χ2n) is 8.08. The number of nitrogens with one attached hydrogen (secondary N) is 2. The molecule has 1 aliphatic heterocycles. The van der Waals surface area contributed by atoms with Gasteiger partial charge in [-0.1, -0.05) is 24.6 Å². The summed E-state index contributed by atoms with van der Waals surface area (Å²) in [6.07, 6.45) is 4.39. The van der Waals surface area contributed by atoms with E-state index >= 15 is 0 Å². The Morgan fingerprint density at radius 1 is 1.03 bits per heavy atom. The molecule has 1 aliphatic rings. The molecule has 2 amide bonds. The smallest absolute Gasteiger partial charge is 0.259 e. The summed E-state index contributed by atoms with van der Waals surface area (Å²) in [5.41, 5.74) is 2.26. The Labute approximate surface area is 192 Å². The van der Waals surface area contributed by atoms with E-state index in [1.165, 1.54) is 24.3 Å². The SMILES string of the molecule is Cc1nc([C@H]2CCCCN2CC(=O)Nc2ccc(F)cc2)ncc1C(=O)Nc1ccccc1. The molecule has 0 bridgehead atoms. The van der Waals surface area contributed by atoms with Gasteiger partial charge < -0.3 is 10.6 Å². The topological polar surface area (TPSA) is 87.2 Å². The normalized spacial score (nSPS) is 16.2. The molecule has 0 spiro atoms. The van der Waals surface area contributed by atoms with Crippen molar-refractivity contribution in [1.29, 1.82) is 0 Å². The molecule has 0 saturated carbocycles. The van der Waals surface area contributed by atoms with Crippen LogP contribution in [0.1, 0.15) is 47.2 Å². The molecule has 1 saturated heterocycles. The van der Waals surface area contributed by atoms with E-state index in [2.05, 4.69) is 25.5 Å². The molecule has 170 valence electrons. The molecular weight excluding hydrogens is 421 g/mol. The molecule has 1 aromatic heterocycles. The molecule has 0 unspecified atom stereocenters. The monoisotopic (exact) mass is 447 g/mol. The fourth-order valence-electron chi connectivity index (χ4n) is 3.98. The average molecular weight is 448 g/mol. The van der Waals surface area contributed by atoms with E-state index in [1.54, 1.807) is 13.1 Å². The number of carbonyl (C=O) groups excluding carboxylic acids is 2. The number of benzene rings is 2. The molecule has 1 atom stereocenters. The number of halogens is 1. The molecule has 0 aliphatic carbocycles.